The molecule has 1 atom stereocenters. The molecule has 2 heterocycles. The van der Waals surface area contributed by atoms with Crippen molar-refractivity contribution >= 4 is 27.0 Å². The normalized spacial score (nSPS) is 24.1. The van der Waals surface area contributed by atoms with Crippen LogP contribution in [0, 0.1) is 0 Å². The summed E-state index contributed by atoms with van der Waals surface area (Å²) in [5.74, 6) is 0.448. The van der Waals surface area contributed by atoms with Gasteiger partial charge in [-0.05, 0) is 18.6 Å². The molecule has 1 unspecified atom stereocenters. The molecular formula is C9H12N2O2S2. The summed E-state index contributed by atoms with van der Waals surface area (Å²) in [5, 5.41) is 0. The van der Waals surface area contributed by atoms with Crippen LogP contribution in [0.25, 0.3) is 0 Å². The van der Waals surface area contributed by atoms with Crippen LogP contribution in [0.2, 0.25) is 0 Å². The predicted molar refractivity (Wildman–Crippen MR) is 62.6 cm³/mol. The van der Waals surface area contributed by atoms with E-state index in [0.29, 0.717) is 11.4 Å². The molecule has 0 amide bonds. The Balaban J connectivity index is 2.32. The number of nitrogens with zero attached hydrogens (tertiary/aromatic N) is 1. The van der Waals surface area contributed by atoms with Crippen LogP contribution in [0.15, 0.2) is 18.3 Å². The van der Waals surface area contributed by atoms with Crippen LogP contribution in [0.4, 0.5) is 0 Å². The summed E-state index contributed by atoms with van der Waals surface area (Å²) in [6, 6.07) is 3.63. The van der Waals surface area contributed by atoms with Gasteiger partial charge in [0.2, 0.25) is 0 Å². The number of thiocarbonyl (C=S) groups is 1. The average molecular weight is 244 g/mol. The van der Waals surface area contributed by atoms with Gasteiger partial charge in [-0.25, -0.2) is 8.42 Å². The summed E-state index contributed by atoms with van der Waals surface area (Å²) in [4.78, 5) is 0.310. The molecule has 1 aromatic rings. The summed E-state index contributed by atoms with van der Waals surface area (Å²) < 4.78 is 24.5. The summed E-state index contributed by atoms with van der Waals surface area (Å²) in [5.41, 5.74) is 6.30. The number of hydrogen-bond donors (Lipinski definition) is 1. The first-order valence-corrected chi connectivity index (χ1v) is 6.89. The minimum Gasteiger partial charge on any atom is -0.388 e. The Labute approximate surface area is 94.0 Å². The zero-order valence-electron chi connectivity index (χ0n) is 8.09. The van der Waals surface area contributed by atoms with Crippen molar-refractivity contribution in [3.05, 3.63) is 24.0 Å². The van der Waals surface area contributed by atoms with Crippen LogP contribution in [0.5, 0.6) is 0 Å². The maximum absolute atomic E-state index is 11.3. The second-order valence-electron chi connectivity index (χ2n) is 3.72. The topological polar surface area (TPSA) is 65.1 Å². The van der Waals surface area contributed by atoms with E-state index in [0.717, 1.165) is 5.69 Å². The molecule has 4 nitrogen and oxygen atoms in total. The lowest BCUT2D eigenvalue weighted by atomic mass is 10.2. The third-order valence-electron chi connectivity index (χ3n) is 2.63. The second kappa shape index (κ2) is 3.61. The molecule has 1 aromatic heterocycles. The molecule has 15 heavy (non-hydrogen) atoms. The smallest absolute Gasteiger partial charge is 0.152 e. The van der Waals surface area contributed by atoms with Crippen molar-refractivity contribution in [1.29, 1.82) is 0 Å². The van der Waals surface area contributed by atoms with Crippen molar-refractivity contribution in [2.24, 2.45) is 5.73 Å². The van der Waals surface area contributed by atoms with Crippen molar-refractivity contribution < 1.29 is 8.42 Å². The molecular weight excluding hydrogens is 232 g/mol. The lowest BCUT2D eigenvalue weighted by Crippen LogP contribution is -2.19. The minimum absolute atomic E-state index is 0.0125. The molecule has 0 aromatic carbocycles. The third kappa shape index (κ3) is 2.05. The van der Waals surface area contributed by atoms with Crippen LogP contribution in [0.1, 0.15) is 18.2 Å². The van der Waals surface area contributed by atoms with Crippen molar-refractivity contribution in [3.63, 3.8) is 0 Å². The summed E-state index contributed by atoms with van der Waals surface area (Å²) in [6.45, 7) is 0. The maximum atomic E-state index is 11.3. The van der Waals surface area contributed by atoms with Crippen LogP contribution in [-0.4, -0.2) is 29.5 Å². The van der Waals surface area contributed by atoms with Crippen molar-refractivity contribution in [1.82, 2.24) is 4.57 Å². The lowest BCUT2D eigenvalue weighted by molar-refractivity contribution is 0.555. The molecule has 0 spiro atoms. The zero-order valence-corrected chi connectivity index (χ0v) is 9.72. The first kappa shape index (κ1) is 10.6. The van der Waals surface area contributed by atoms with Gasteiger partial charge in [-0.1, -0.05) is 12.2 Å². The highest BCUT2D eigenvalue weighted by Gasteiger charge is 2.29. The van der Waals surface area contributed by atoms with E-state index in [1.165, 1.54) is 0 Å². The molecule has 2 rings (SSSR count). The van der Waals surface area contributed by atoms with Gasteiger partial charge in [0.05, 0.1) is 17.2 Å². The highest BCUT2D eigenvalue weighted by Crippen LogP contribution is 2.25. The fourth-order valence-electron chi connectivity index (χ4n) is 1.92. The van der Waals surface area contributed by atoms with E-state index in [2.05, 4.69) is 0 Å². The van der Waals surface area contributed by atoms with Crippen molar-refractivity contribution in [2.75, 3.05) is 11.5 Å². The molecule has 0 bridgehead atoms. The quantitative estimate of drug-likeness (QED) is 0.769. The molecule has 82 valence electrons. The Kier molecular flexibility index (Phi) is 2.56. The minimum atomic E-state index is -2.87. The van der Waals surface area contributed by atoms with Gasteiger partial charge in [0, 0.05) is 12.2 Å². The first-order chi connectivity index (χ1) is 6.99. The van der Waals surface area contributed by atoms with Crippen molar-refractivity contribution in [2.45, 2.75) is 12.5 Å². The summed E-state index contributed by atoms with van der Waals surface area (Å²) in [6.07, 6.45) is 2.48. The van der Waals surface area contributed by atoms with Crippen LogP contribution in [0.3, 0.4) is 0 Å². The molecule has 2 N–H and O–H groups in total. The third-order valence-corrected chi connectivity index (χ3v) is 4.59. The molecule has 0 radical (unpaired) electrons. The van der Waals surface area contributed by atoms with E-state index < -0.39 is 9.84 Å². The van der Waals surface area contributed by atoms with Gasteiger partial charge in [0.1, 0.15) is 4.99 Å². The van der Waals surface area contributed by atoms with Crippen LogP contribution >= 0.6 is 12.2 Å². The van der Waals surface area contributed by atoms with Crippen LogP contribution < -0.4 is 5.73 Å². The van der Waals surface area contributed by atoms with E-state index in [1.54, 1.807) is 0 Å². The van der Waals surface area contributed by atoms with Gasteiger partial charge in [-0.15, -0.1) is 0 Å². The zero-order chi connectivity index (χ0) is 11.1. The SMILES string of the molecule is NC(=S)c1cccn1C1CCS(=O)(=O)C1. The Morgan fingerprint density at radius 3 is 2.87 bits per heavy atom. The Morgan fingerprint density at radius 1 is 1.60 bits per heavy atom. The Morgan fingerprint density at radius 2 is 2.33 bits per heavy atom. The number of aromatic nitrogens is 1. The molecule has 6 heteroatoms. The van der Waals surface area contributed by atoms with E-state index >= 15 is 0 Å². The standard InChI is InChI=1S/C9H12N2O2S2/c10-9(14)8-2-1-4-11(8)7-3-5-15(12,13)6-7/h1-2,4,7H,3,5-6H2,(H2,10,14). The van der Waals surface area contributed by atoms with E-state index in [1.807, 2.05) is 22.9 Å². The van der Waals surface area contributed by atoms with E-state index in [4.69, 9.17) is 18.0 Å². The van der Waals surface area contributed by atoms with Crippen LogP contribution in [-0.2, 0) is 9.84 Å². The van der Waals surface area contributed by atoms with Gasteiger partial charge >= 0.3 is 0 Å². The largest absolute Gasteiger partial charge is 0.388 e. The number of sulfone groups is 1. The number of rotatable bonds is 2. The first-order valence-electron chi connectivity index (χ1n) is 4.67. The number of nitrogens with two attached hydrogens (primary N) is 1. The van der Waals surface area contributed by atoms with Gasteiger partial charge in [-0.3, -0.25) is 0 Å². The van der Waals surface area contributed by atoms with E-state index in [-0.39, 0.29) is 17.5 Å². The average Bonchev–Trinajstić information content (AvgIpc) is 2.69. The molecule has 1 saturated heterocycles. The molecule has 1 aliphatic rings. The summed E-state index contributed by atoms with van der Waals surface area (Å²) >= 11 is 4.90. The van der Waals surface area contributed by atoms with Gasteiger partial charge in [-0.2, -0.15) is 0 Å². The maximum Gasteiger partial charge on any atom is 0.152 e. The van der Waals surface area contributed by atoms with Gasteiger partial charge in [0.15, 0.2) is 9.84 Å². The van der Waals surface area contributed by atoms with Gasteiger partial charge in [0.25, 0.3) is 0 Å². The molecule has 1 aliphatic heterocycles. The monoisotopic (exact) mass is 244 g/mol. The van der Waals surface area contributed by atoms with E-state index in [9.17, 15) is 8.42 Å². The van der Waals surface area contributed by atoms with Gasteiger partial charge < -0.3 is 10.3 Å². The second-order valence-corrected chi connectivity index (χ2v) is 6.39. The lowest BCUT2D eigenvalue weighted by Gasteiger charge is -2.13. The van der Waals surface area contributed by atoms with Crippen molar-refractivity contribution in [3.8, 4) is 0 Å². The molecule has 0 aliphatic carbocycles. The number of hydrogen-bond acceptors (Lipinski definition) is 3. The summed E-state index contributed by atoms with van der Waals surface area (Å²) in [7, 11) is -2.87. The Hall–Kier alpha value is -0.880. The molecule has 1 fully saturated rings. The highest BCUT2D eigenvalue weighted by molar-refractivity contribution is 7.91. The molecule has 0 saturated carbocycles. The predicted octanol–water partition coefficient (Wildman–Crippen LogP) is 0.482. The fraction of sp³-hybridized carbons (Fsp3) is 0.444. The highest BCUT2D eigenvalue weighted by atomic mass is 32.2. The fourth-order valence-corrected chi connectivity index (χ4v) is 3.80. The Bertz CT molecular complexity index is 490.